The standard InChI is InChI=1S/C26H36N4O5/c1-25(2,3)35-24(34)30-15-12-19-26(4,16-30)21(31)20(23(33)28-19)22(32)27-17-8-10-18(11-9-17)29-13-6-5-7-14-29/h8-11,19,31H,5-7,12-16H2,1-4H3,(H,27,32)(H,28,33). The lowest BCUT2D eigenvalue weighted by molar-refractivity contribution is -0.125. The average Bonchev–Trinajstić information content (AvgIpc) is 2.80. The van der Waals surface area contributed by atoms with Crippen LogP contribution in [-0.4, -0.2) is 65.7 Å². The van der Waals surface area contributed by atoms with Crippen LogP contribution in [0.5, 0.6) is 0 Å². The summed E-state index contributed by atoms with van der Waals surface area (Å²) in [5.74, 6) is -1.60. The second-order valence-electron chi connectivity index (χ2n) is 10.9. The Kier molecular flexibility index (Phi) is 6.71. The Labute approximate surface area is 206 Å². The fraction of sp³-hybridized carbons (Fsp3) is 0.577. The lowest BCUT2D eigenvalue weighted by atomic mass is 9.72. The number of fused-ring (bicyclic) bond motifs is 1. The molecular formula is C26H36N4O5. The van der Waals surface area contributed by atoms with Crippen LogP contribution in [0.1, 0.15) is 53.4 Å². The largest absolute Gasteiger partial charge is 0.511 e. The van der Waals surface area contributed by atoms with Gasteiger partial charge < -0.3 is 30.3 Å². The van der Waals surface area contributed by atoms with Gasteiger partial charge in [-0.1, -0.05) is 0 Å². The summed E-state index contributed by atoms with van der Waals surface area (Å²) >= 11 is 0. The molecule has 0 spiro atoms. The Balaban J connectivity index is 1.51. The highest BCUT2D eigenvalue weighted by atomic mass is 16.6. The van der Waals surface area contributed by atoms with Crippen molar-refractivity contribution in [2.45, 2.75) is 65.0 Å². The van der Waals surface area contributed by atoms with Gasteiger partial charge in [0.15, 0.2) is 0 Å². The lowest BCUT2D eigenvalue weighted by Crippen LogP contribution is -2.62. The van der Waals surface area contributed by atoms with Gasteiger partial charge >= 0.3 is 6.09 Å². The molecule has 2 unspecified atom stereocenters. The van der Waals surface area contributed by atoms with Gasteiger partial charge in [-0.15, -0.1) is 0 Å². The molecule has 190 valence electrons. The van der Waals surface area contributed by atoms with Crippen LogP contribution in [0.25, 0.3) is 0 Å². The predicted octanol–water partition coefficient (Wildman–Crippen LogP) is 3.57. The molecule has 3 aliphatic rings. The summed E-state index contributed by atoms with van der Waals surface area (Å²) in [5, 5.41) is 16.8. The molecule has 4 rings (SSSR count). The molecule has 2 saturated heterocycles. The van der Waals surface area contributed by atoms with E-state index < -0.39 is 35.0 Å². The van der Waals surface area contributed by atoms with Crippen LogP contribution < -0.4 is 15.5 Å². The topological polar surface area (TPSA) is 111 Å². The van der Waals surface area contributed by atoms with Crippen molar-refractivity contribution in [2.75, 3.05) is 36.4 Å². The van der Waals surface area contributed by atoms with Crippen molar-refractivity contribution in [3.05, 3.63) is 35.6 Å². The molecule has 0 aliphatic carbocycles. The van der Waals surface area contributed by atoms with E-state index in [2.05, 4.69) is 15.5 Å². The first-order chi connectivity index (χ1) is 16.5. The van der Waals surface area contributed by atoms with Gasteiger partial charge in [0, 0.05) is 43.6 Å². The summed E-state index contributed by atoms with van der Waals surface area (Å²) in [5.41, 5.74) is -0.347. The number of piperidine rings is 2. The summed E-state index contributed by atoms with van der Waals surface area (Å²) in [4.78, 5) is 42.4. The zero-order chi connectivity index (χ0) is 25.4. The van der Waals surface area contributed by atoms with E-state index in [-0.39, 0.29) is 17.9 Å². The van der Waals surface area contributed by atoms with E-state index in [9.17, 15) is 19.5 Å². The van der Waals surface area contributed by atoms with Crippen LogP contribution in [-0.2, 0) is 14.3 Å². The SMILES string of the molecule is CC(C)(C)OC(=O)N1CCC2NC(=O)C(C(=O)Nc3ccc(N4CCCCC4)cc3)=C(O)C2(C)C1. The van der Waals surface area contributed by atoms with Crippen molar-refractivity contribution < 1.29 is 24.2 Å². The third-order valence-electron chi connectivity index (χ3n) is 7.01. The first kappa shape index (κ1) is 24.9. The van der Waals surface area contributed by atoms with Crippen molar-refractivity contribution >= 4 is 29.3 Å². The van der Waals surface area contributed by atoms with Crippen molar-refractivity contribution in [1.29, 1.82) is 0 Å². The Morgan fingerprint density at radius 2 is 1.77 bits per heavy atom. The van der Waals surface area contributed by atoms with Crippen molar-refractivity contribution in [2.24, 2.45) is 5.41 Å². The summed E-state index contributed by atoms with van der Waals surface area (Å²) in [6, 6.07) is 7.11. The maximum atomic E-state index is 13.1. The van der Waals surface area contributed by atoms with Crippen molar-refractivity contribution in [3.63, 3.8) is 0 Å². The summed E-state index contributed by atoms with van der Waals surface area (Å²) in [6.07, 6.45) is 3.55. The number of carbonyl (C=O) groups excluding carboxylic acids is 3. The Morgan fingerprint density at radius 3 is 2.40 bits per heavy atom. The van der Waals surface area contributed by atoms with E-state index in [0.717, 1.165) is 18.8 Å². The molecule has 2 fully saturated rings. The minimum absolute atomic E-state index is 0.125. The highest BCUT2D eigenvalue weighted by Gasteiger charge is 2.51. The minimum atomic E-state index is -1.01. The van der Waals surface area contributed by atoms with E-state index in [4.69, 9.17) is 4.74 Å². The number of anilines is 2. The Bertz CT molecular complexity index is 1020. The number of likely N-dealkylation sites (tertiary alicyclic amines) is 1. The monoisotopic (exact) mass is 484 g/mol. The van der Waals surface area contributed by atoms with Crippen LogP contribution in [0.2, 0.25) is 0 Å². The molecule has 0 radical (unpaired) electrons. The molecule has 2 atom stereocenters. The number of ether oxygens (including phenoxy) is 1. The molecule has 3 amide bonds. The molecule has 3 aliphatic heterocycles. The average molecular weight is 485 g/mol. The van der Waals surface area contributed by atoms with Gasteiger partial charge in [-0.3, -0.25) is 9.59 Å². The van der Waals surface area contributed by atoms with Crippen LogP contribution in [0.15, 0.2) is 35.6 Å². The zero-order valence-electron chi connectivity index (χ0n) is 21.0. The van der Waals surface area contributed by atoms with Gasteiger partial charge in [-0.2, -0.15) is 0 Å². The van der Waals surface area contributed by atoms with Crippen LogP contribution in [0.4, 0.5) is 16.2 Å². The maximum Gasteiger partial charge on any atom is 0.410 e. The van der Waals surface area contributed by atoms with Gasteiger partial charge in [0.25, 0.3) is 11.8 Å². The predicted molar refractivity (Wildman–Crippen MR) is 133 cm³/mol. The smallest absolute Gasteiger partial charge is 0.410 e. The van der Waals surface area contributed by atoms with E-state index >= 15 is 0 Å². The van der Waals surface area contributed by atoms with Gasteiger partial charge in [0.1, 0.15) is 16.9 Å². The number of benzene rings is 1. The van der Waals surface area contributed by atoms with Gasteiger partial charge in [0.05, 0.1) is 5.41 Å². The first-order valence-corrected chi connectivity index (χ1v) is 12.4. The molecule has 9 nitrogen and oxygen atoms in total. The Morgan fingerprint density at radius 1 is 1.11 bits per heavy atom. The van der Waals surface area contributed by atoms with Crippen molar-refractivity contribution in [1.82, 2.24) is 10.2 Å². The molecule has 35 heavy (non-hydrogen) atoms. The number of amides is 3. The molecule has 0 aromatic heterocycles. The number of rotatable bonds is 3. The molecular weight excluding hydrogens is 448 g/mol. The third-order valence-corrected chi connectivity index (χ3v) is 7.01. The zero-order valence-corrected chi connectivity index (χ0v) is 21.0. The van der Waals surface area contributed by atoms with E-state index in [1.54, 1.807) is 39.8 Å². The number of hydrogen-bond acceptors (Lipinski definition) is 6. The number of aliphatic hydroxyl groups excluding tert-OH is 1. The third kappa shape index (κ3) is 5.23. The van der Waals surface area contributed by atoms with E-state index in [1.165, 1.54) is 24.2 Å². The normalized spacial score (nSPS) is 25.0. The highest BCUT2D eigenvalue weighted by molar-refractivity contribution is 6.23. The molecule has 9 heteroatoms. The minimum Gasteiger partial charge on any atom is -0.511 e. The Hall–Kier alpha value is -3.23. The molecule has 0 saturated carbocycles. The van der Waals surface area contributed by atoms with Crippen LogP contribution in [0, 0.1) is 5.41 Å². The molecule has 3 N–H and O–H groups in total. The van der Waals surface area contributed by atoms with Crippen molar-refractivity contribution in [3.8, 4) is 0 Å². The summed E-state index contributed by atoms with van der Waals surface area (Å²) in [7, 11) is 0. The van der Waals surface area contributed by atoms with Gasteiger partial charge in [-0.25, -0.2) is 4.79 Å². The molecule has 1 aromatic carbocycles. The molecule has 0 bridgehead atoms. The fourth-order valence-corrected chi connectivity index (χ4v) is 5.08. The lowest BCUT2D eigenvalue weighted by Gasteiger charge is -2.48. The van der Waals surface area contributed by atoms with E-state index in [1.807, 2.05) is 12.1 Å². The number of nitrogens with zero attached hydrogens (tertiary/aromatic N) is 2. The van der Waals surface area contributed by atoms with E-state index in [0.29, 0.717) is 18.7 Å². The summed E-state index contributed by atoms with van der Waals surface area (Å²) < 4.78 is 5.48. The quantitative estimate of drug-likeness (QED) is 0.566. The molecule has 3 heterocycles. The number of carbonyl (C=O) groups is 3. The summed E-state index contributed by atoms with van der Waals surface area (Å²) in [6.45, 7) is 9.67. The number of hydrogen-bond donors (Lipinski definition) is 3. The van der Waals surface area contributed by atoms with Crippen LogP contribution in [0.3, 0.4) is 0 Å². The number of aliphatic hydroxyl groups is 1. The highest BCUT2D eigenvalue weighted by Crippen LogP contribution is 2.40. The fourth-order valence-electron chi connectivity index (χ4n) is 5.08. The molecule has 1 aromatic rings. The second kappa shape index (κ2) is 9.43. The maximum absolute atomic E-state index is 13.1. The number of nitrogens with one attached hydrogen (secondary N) is 2. The van der Waals surface area contributed by atoms with Gasteiger partial charge in [-0.05, 0) is 77.6 Å². The van der Waals surface area contributed by atoms with Gasteiger partial charge in [0.2, 0.25) is 0 Å². The second-order valence-corrected chi connectivity index (χ2v) is 10.9. The first-order valence-electron chi connectivity index (χ1n) is 12.4. The van der Waals surface area contributed by atoms with Crippen LogP contribution >= 0.6 is 0 Å².